The van der Waals surface area contributed by atoms with Crippen LogP contribution in [0.2, 0.25) is 5.15 Å². The molecule has 3 N–H and O–H groups in total. The first-order valence-electron chi connectivity index (χ1n) is 10.2. The summed E-state index contributed by atoms with van der Waals surface area (Å²) in [5.74, 6) is 0.516. The number of carbonyl (C=O) groups excluding carboxylic acids is 1. The van der Waals surface area contributed by atoms with Gasteiger partial charge in [0, 0.05) is 37.0 Å². The van der Waals surface area contributed by atoms with Crippen molar-refractivity contribution in [3.8, 4) is 0 Å². The van der Waals surface area contributed by atoms with E-state index in [0.717, 1.165) is 49.1 Å². The molecule has 3 heterocycles. The Labute approximate surface area is 182 Å². The lowest BCUT2D eigenvalue weighted by atomic mass is 9.97. The van der Waals surface area contributed by atoms with E-state index >= 15 is 0 Å². The molecule has 1 aliphatic rings. The van der Waals surface area contributed by atoms with E-state index in [1.54, 1.807) is 17.2 Å². The monoisotopic (exact) mass is 430 g/mol. The van der Waals surface area contributed by atoms with E-state index in [4.69, 9.17) is 21.7 Å². The molecule has 1 amide bonds. The van der Waals surface area contributed by atoms with Crippen molar-refractivity contribution in [1.29, 1.82) is 5.41 Å². The molecule has 3 rings (SSSR count). The number of nitrogens with zero attached hydrogens (tertiary/aromatic N) is 3. The van der Waals surface area contributed by atoms with Gasteiger partial charge in [-0.05, 0) is 51.8 Å². The average Bonchev–Trinajstić information content (AvgIpc) is 2.70. The van der Waals surface area contributed by atoms with E-state index in [2.05, 4.69) is 15.3 Å². The van der Waals surface area contributed by atoms with Crippen molar-refractivity contribution in [3.63, 3.8) is 0 Å². The Balaban J connectivity index is 1.54. The number of aromatic nitrogens is 2. The summed E-state index contributed by atoms with van der Waals surface area (Å²) in [6.45, 7) is 8.00. The molecular formula is C22H29ClN5O2+. The van der Waals surface area contributed by atoms with Crippen LogP contribution >= 0.6 is 11.6 Å². The van der Waals surface area contributed by atoms with E-state index in [1.807, 2.05) is 39.1 Å². The predicted molar refractivity (Wildman–Crippen MR) is 119 cm³/mol. The molecule has 2 aromatic rings. The van der Waals surface area contributed by atoms with Crippen molar-refractivity contribution in [1.82, 2.24) is 14.9 Å². The second-order valence-electron chi connectivity index (χ2n) is 8.54. The number of ether oxygens (including phenoxy) is 1. The normalized spacial score (nSPS) is 16.0. The number of halogens is 1. The standard InChI is InChI=1S/C22H28ClN5O2/c1-22(2,3)30-21(29)28-8-6-15(7-9-28)12-25-13-17(11-24)16-10-19-18(26-14-16)4-5-20(23)27-19/h4-5,10-11,13-15,24-25H,6-9,12H2,1-3H3/p+1/b17-13+,24-11?. The number of hydrogen-bond acceptors (Lipinski definition) is 5. The van der Waals surface area contributed by atoms with Crippen molar-refractivity contribution in [2.75, 3.05) is 19.6 Å². The Morgan fingerprint density at radius 2 is 2.07 bits per heavy atom. The van der Waals surface area contributed by atoms with Gasteiger partial charge in [-0.15, -0.1) is 0 Å². The maximum atomic E-state index is 12.2. The second kappa shape index (κ2) is 9.53. The van der Waals surface area contributed by atoms with Crippen LogP contribution in [0.25, 0.3) is 16.6 Å². The van der Waals surface area contributed by atoms with Gasteiger partial charge in [0.1, 0.15) is 17.0 Å². The number of likely N-dealkylation sites (tertiary alicyclic amines) is 1. The molecule has 8 heteroatoms. The first-order valence-corrected chi connectivity index (χ1v) is 10.6. The van der Waals surface area contributed by atoms with E-state index < -0.39 is 5.60 Å². The minimum atomic E-state index is -0.464. The summed E-state index contributed by atoms with van der Waals surface area (Å²) < 4.78 is 5.45. The van der Waals surface area contributed by atoms with Gasteiger partial charge >= 0.3 is 6.09 Å². The van der Waals surface area contributed by atoms with E-state index in [-0.39, 0.29) is 6.09 Å². The van der Waals surface area contributed by atoms with Gasteiger partial charge in [-0.3, -0.25) is 4.98 Å². The molecule has 0 spiro atoms. The highest BCUT2D eigenvalue weighted by molar-refractivity contribution is 6.29. The quantitative estimate of drug-likeness (QED) is 0.560. The number of hydrogen-bond donors (Lipinski definition) is 2. The van der Waals surface area contributed by atoms with Crippen molar-refractivity contribution in [2.24, 2.45) is 5.92 Å². The van der Waals surface area contributed by atoms with E-state index in [0.29, 0.717) is 16.6 Å². The fraction of sp³-hybridized carbons (Fsp3) is 0.455. The molecule has 0 aliphatic carbocycles. The smallest absolute Gasteiger partial charge is 0.410 e. The number of piperidine rings is 1. The third kappa shape index (κ3) is 6.00. The van der Waals surface area contributed by atoms with Gasteiger partial charge in [-0.2, -0.15) is 0 Å². The number of rotatable bonds is 5. The zero-order chi connectivity index (χ0) is 21.7. The van der Waals surface area contributed by atoms with Crippen LogP contribution < -0.4 is 5.32 Å². The summed E-state index contributed by atoms with van der Waals surface area (Å²) >= 11 is 5.98. The third-order valence-corrected chi connectivity index (χ3v) is 5.24. The fourth-order valence-corrected chi connectivity index (χ4v) is 3.59. The second-order valence-corrected chi connectivity index (χ2v) is 8.93. The van der Waals surface area contributed by atoms with Gasteiger partial charge in [0.05, 0.1) is 23.2 Å². The maximum Gasteiger partial charge on any atom is 0.410 e. The van der Waals surface area contributed by atoms with Crippen LogP contribution in [0.1, 0.15) is 39.2 Å². The van der Waals surface area contributed by atoms with Crippen LogP contribution in [0, 0.1) is 11.3 Å². The number of allylic oxidation sites excluding steroid dienone is 1. The number of nitrogens with one attached hydrogen (secondary N) is 1. The highest BCUT2D eigenvalue weighted by Crippen LogP contribution is 2.20. The minimum Gasteiger partial charge on any atom is -0.444 e. The summed E-state index contributed by atoms with van der Waals surface area (Å²) in [4.78, 5) is 22.7. The molecule has 30 heavy (non-hydrogen) atoms. The molecule has 2 aromatic heterocycles. The average molecular weight is 431 g/mol. The lowest BCUT2D eigenvalue weighted by Gasteiger charge is -2.32. The molecule has 0 saturated carbocycles. The number of fused-ring (bicyclic) bond motifs is 1. The molecule has 0 unspecified atom stereocenters. The number of nitrogens with two attached hydrogens (primary N) is 1. The highest BCUT2D eigenvalue weighted by Gasteiger charge is 2.27. The molecule has 0 atom stereocenters. The van der Waals surface area contributed by atoms with Crippen molar-refractivity contribution < 1.29 is 14.8 Å². The van der Waals surface area contributed by atoms with Crippen molar-refractivity contribution in [3.05, 3.63) is 41.3 Å². The topological polar surface area (TPSA) is 95.8 Å². The summed E-state index contributed by atoms with van der Waals surface area (Å²) in [5.41, 5.74) is 2.63. The molecule has 0 radical (unpaired) electrons. The molecule has 1 aliphatic heterocycles. The van der Waals surface area contributed by atoms with Crippen LogP contribution in [0.4, 0.5) is 4.79 Å². The number of quaternary nitrogens is 1. The zero-order valence-electron chi connectivity index (χ0n) is 17.7. The molecule has 1 fully saturated rings. The molecular weight excluding hydrogens is 402 g/mol. The van der Waals surface area contributed by atoms with Crippen LogP contribution in [0.15, 0.2) is 30.6 Å². The van der Waals surface area contributed by atoms with Crippen LogP contribution in [0.5, 0.6) is 0 Å². The zero-order valence-corrected chi connectivity index (χ0v) is 18.4. The summed E-state index contributed by atoms with van der Waals surface area (Å²) in [5, 5.41) is 10.3. The number of pyridine rings is 2. The first-order chi connectivity index (χ1) is 14.2. The van der Waals surface area contributed by atoms with Crippen LogP contribution in [0.3, 0.4) is 0 Å². The molecule has 1 saturated heterocycles. The van der Waals surface area contributed by atoms with E-state index in [9.17, 15) is 4.79 Å². The number of amides is 1. The number of carbonyl (C=O) groups is 1. The van der Waals surface area contributed by atoms with E-state index in [1.165, 1.54) is 6.21 Å². The van der Waals surface area contributed by atoms with Crippen LogP contribution in [-0.2, 0) is 4.74 Å². The SMILES string of the molecule is CC(C)(C)OC(=O)N1CCC(C[NH2+]/C=C(\C=N)c2cnc3ccc(Cl)nc3c2)CC1. The first kappa shape index (κ1) is 22.2. The Hall–Kier alpha value is -2.51. The summed E-state index contributed by atoms with van der Waals surface area (Å²) in [6.07, 6.45) is 6.71. The molecule has 7 nitrogen and oxygen atoms in total. The Kier molecular flexibility index (Phi) is 7.05. The third-order valence-electron chi connectivity index (χ3n) is 5.03. The van der Waals surface area contributed by atoms with Gasteiger partial charge in [0.2, 0.25) is 0 Å². The lowest BCUT2D eigenvalue weighted by molar-refractivity contribution is -0.594. The highest BCUT2D eigenvalue weighted by atomic mass is 35.5. The van der Waals surface area contributed by atoms with Gasteiger partial charge in [0.15, 0.2) is 0 Å². The van der Waals surface area contributed by atoms with Crippen LogP contribution in [-0.4, -0.2) is 52.4 Å². The summed E-state index contributed by atoms with van der Waals surface area (Å²) in [7, 11) is 0. The molecule has 0 bridgehead atoms. The largest absolute Gasteiger partial charge is 0.444 e. The Morgan fingerprint density at radius 1 is 1.33 bits per heavy atom. The molecule has 160 valence electrons. The van der Waals surface area contributed by atoms with Gasteiger partial charge in [-0.1, -0.05) is 11.6 Å². The predicted octanol–water partition coefficient (Wildman–Crippen LogP) is 3.48. The Morgan fingerprint density at radius 3 is 2.73 bits per heavy atom. The Bertz CT molecular complexity index is 946. The van der Waals surface area contributed by atoms with Crippen molar-refractivity contribution >= 4 is 40.5 Å². The van der Waals surface area contributed by atoms with Gasteiger partial charge < -0.3 is 20.4 Å². The maximum absolute atomic E-state index is 12.2. The molecule has 0 aromatic carbocycles. The van der Waals surface area contributed by atoms with Crippen molar-refractivity contribution in [2.45, 2.75) is 39.2 Å². The minimum absolute atomic E-state index is 0.228. The van der Waals surface area contributed by atoms with Gasteiger partial charge in [-0.25, -0.2) is 9.78 Å². The lowest BCUT2D eigenvalue weighted by Crippen LogP contribution is -2.80. The fourth-order valence-electron chi connectivity index (χ4n) is 3.43. The van der Waals surface area contributed by atoms with Gasteiger partial charge in [0.25, 0.3) is 0 Å². The summed E-state index contributed by atoms with van der Waals surface area (Å²) in [6, 6.07) is 5.45.